The van der Waals surface area contributed by atoms with E-state index >= 15 is 0 Å². The number of nitrogens with zero attached hydrogens (tertiary/aromatic N) is 1. The van der Waals surface area contributed by atoms with Crippen molar-refractivity contribution >= 4 is 17.6 Å². The Bertz CT molecular complexity index is 482. The maximum absolute atomic E-state index is 12.2. The Morgan fingerprint density at radius 3 is 2.50 bits per heavy atom. The second kappa shape index (κ2) is 8.41. The molecule has 0 atom stereocenters. The normalized spacial score (nSPS) is 15.4. The first-order valence-electron chi connectivity index (χ1n) is 8.09. The van der Waals surface area contributed by atoms with E-state index in [2.05, 4.69) is 17.6 Å². The van der Waals surface area contributed by atoms with Gasteiger partial charge in [-0.15, -0.1) is 0 Å². The Labute approximate surface area is 132 Å². The fourth-order valence-electron chi connectivity index (χ4n) is 2.60. The summed E-state index contributed by atoms with van der Waals surface area (Å²) in [5.74, 6) is 0.175. The summed E-state index contributed by atoms with van der Waals surface area (Å²) in [7, 11) is 0. The summed E-state index contributed by atoms with van der Waals surface area (Å²) in [6.07, 6.45) is 3.57. The lowest BCUT2D eigenvalue weighted by Crippen LogP contribution is -2.44. The number of unbranched alkanes of at least 4 members (excludes halogenated alkanes) is 1. The van der Waals surface area contributed by atoms with Gasteiger partial charge in [0.2, 0.25) is 5.91 Å². The summed E-state index contributed by atoms with van der Waals surface area (Å²) in [6.45, 7) is 4.12. The van der Waals surface area contributed by atoms with Crippen molar-refractivity contribution in [1.82, 2.24) is 10.2 Å². The number of para-hydroxylation sites is 1. The molecule has 5 heteroatoms. The van der Waals surface area contributed by atoms with Crippen LogP contribution in [0.25, 0.3) is 0 Å². The molecule has 1 aromatic carbocycles. The number of nitrogens with one attached hydrogen (secondary N) is 2. The van der Waals surface area contributed by atoms with Gasteiger partial charge in [0.05, 0.1) is 0 Å². The van der Waals surface area contributed by atoms with Crippen LogP contribution in [-0.4, -0.2) is 36.5 Å². The van der Waals surface area contributed by atoms with Gasteiger partial charge in [0.15, 0.2) is 0 Å². The number of urea groups is 1. The first-order valence-corrected chi connectivity index (χ1v) is 8.09. The number of anilines is 1. The van der Waals surface area contributed by atoms with E-state index in [1.165, 1.54) is 0 Å². The minimum Gasteiger partial charge on any atom is -0.356 e. The zero-order valence-electron chi connectivity index (χ0n) is 13.2. The molecule has 2 N–H and O–H groups in total. The van der Waals surface area contributed by atoms with Gasteiger partial charge in [-0.1, -0.05) is 31.5 Å². The van der Waals surface area contributed by atoms with Crippen molar-refractivity contribution in [3.8, 4) is 0 Å². The average molecular weight is 303 g/mol. The van der Waals surface area contributed by atoms with Crippen LogP contribution in [-0.2, 0) is 4.79 Å². The molecule has 0 saturated carbocycles. The number of rotatable bonds is 5. The first kappa shape index (κ1) is 16.3. The highest BCUT2D eigenvalue weighted by Crippen LogP contribution is 2.18. The zero-order valence-corrected chi connectivity index (χ0v) is 13.2. The number of hydrogen-bond acceptors (Lipinski definition) is 2. The number of carbonyl (C=O) groups is 2. The molecule has 1 aliphatic heterocycles. The van der Waals surface area contributed by atoms with Crippen molar-refractivity contribution in [2.24, 2.45) is 5.92 Å². The lowest BCUT2D eigenvalue weighted by atomic mass is 9.96. The van der Waals surface area contributed by atoms with E-state index in [1.807, 2.05) is 30.3 Å². The second-order valence-corrected chi connectivity index (χ2v) is 5.70. The highest BCUT2D eigenvalue weighted by molar-refractivity contribution is 5.89. The van der Waals surface area contributed by atoms with E-state index in [0.29, 0.717) is 13.1 Å². The summed E-state index contributed by atoms with van der Waals surface area (Å²) >= 11 is 0. The molecular weight excluding hydrogens is 278 g/mol. The van der Waals surface area contributed by atoms with Gasteiger partial charge < -0.3 is 15.5 Å². The van der Waals surface area contributed by atoms with E-state index in [9.17, 15) is 9.59 Å². The molecule has 0 radical (unpaired) electrons. The van der Waals surface area contributed by atoms with Crippen molar-refractivity contribution in [2.75, 3.05) is 25.0 Å². The molecule has 22 heavy (non-hydrogen) atoms. The molecule has 1 aromatic rings. The Morgan fingerprint density at radius 2 is 1.86 bits per heavy atom. The van der Waals surface area contributed by atoms with Gasteiger partial charge in [-0.2, -0.15) is 0 Å². The summed E-state index contributed by atoms with van der Waals surface area (Å²) in [6, 6.07) is 9.34. The van der Waals surface area contributed by atoms with E-state index in [0.717, 1.165) is 37.9 Å². The van der Waals surface area contributed by atoms with Crippen LogP contribution >= 0.6 is 0 Å². The van der Waals surface area contributed by atoms with Crippen LogP contribution in [0.15, 0.2) is 30.3 Å². The fraction of sp³-hybridized carbons (Fsp3) is 0.529. The summed E-state index contributed by atoms with van der Waals surface area (Å²) in [5, 5.41) is 5.86. The van der Waals surface area contributed by atoms with Gasteiger partial charge in [0.1, 0.15) is 0 Å². The predicted octanol–water partition coefficient (Wildman–Crippen LogP) is 2.85. The molecular formula is C17H25N3O2. The quantitative estimate of drug-likeness (QED) is 0.822. The van der Waals surface area contributed by atoms with Crippen molar-refractivity contribution in [2.45, 2.75) is 32.6 Å². The molecule has 3 amide bonds. The molecule has 2 rings (SSSR count). The maximum Gasteiger partial charge on any atom is 0.321 e. The third-order valence-electron chi connectivity index (χ3n) is 4.01. The maximum atomic E-state index is 12.2. The highest BCUT2D eigenvalue weighted by atomic mass is 16.2. The molecule has 0 aromatic heterocycles. The Balaban J connectivity index is 1.74. The molecule has 0 unspecified atom stereocenters. The standard InChI is InChI=1S/C17H25N3O2/c1-2-3-11-18-16(21)14-9-12-20(13-10-14)17(22)19-15-7-5-4-6-8-15/h4-8,14H,2-3,9-13H2,1H3,(H,18,21)(H,19,22). The predicted molar refractivity (Wildman–Crippen MR) is 87.7 cm³/mol. The van der Waals surface area contributed by atoms with Crippen molar-refractivity contribution < 1.29 is 9.59 Å². The number of likely N-dealkylation sites (tertiary alicyclic amines) is 1. The molecule has 0 aliphatic carbocycles. The van der Waals surface area contributed by atoms with Crippen LogP contribution in [0.2, 0.25) is 0 Å². The number of piperidine rings is 1. The van der Waals surface area contributed by atoms with Crippen molar-refractivity contribution in [1.29, 1.82) is 0 Å². The number of carbonyl (C=O) groups excluding carboxylic acids is 2. The van der Waals surface area contributed by atoms with Gasteiger partial charge in [0.25, 0.3) is 0 Å². The lowest BCUT2D eigenvalue weighted by molar-refractivity contribution is -0.126. The summed E-state index contributed by atoms with van der Waals surface area (Å²) in [5.41, 5.74) is 0.798. The average Bonchev–Trinajstić information content (AvgIpc) is 2.56. The van der Waals surface area contributed by atoms with Crippen LogP contribution < -0.4 is 10.6 Å². The van der Waals surface area contributed by atoms with Gasteiger partial charge in [-0.3, -0.25) is 4.79 Å². The van der Waals surface area contributed by atoms with Gasteiger partial charge >= 0.3 is 6.03 Å². The highest BCUT2D eigenvalue weighted by Gasteiger charge is 2.27. The topological polar surface area (TPSA) is 61.4 Å². The number of benzene rings is 1. The van der Waals surface area contributed by atoms with Gasteiger partial charge in [-0.25, -0.2) is 4.79 Å². The smallest absolute Gasteiger partial charge is 0.321 e. The Kier molecular flexibility index (Phi) is 6.25. The molecule has 0 spiro atoms. The van der Waals surface area contributed by atoms with E-state index in [-0.39, 0.29) is 17.9 Å². The van der Waals surface area contributed by atoms with E-state index in [1.54, 1.807) is 4.90 Å². The van der Waals surface area contributed by atoms with Gasteiger partial charge in [-0.05, 0) is 31.4 Å². The third kappa shape index (κ3) is 4.76. The zero-order chi connectivity index (χ0) is 15.8. The van der Waals surface area contributed by atoms with Crippen LogP contribution in [0, 0.1) is 5.92 Å². The van der Waals surface area contributed by atoms with Crippen molar-refractivity contribution in [3.63, 3.8) is 0 Å². The summed E-state index contributed by atoms with van der Waals surface area (Å²) < 4.78 is 0. The van der Waals surface area contributed by atoms with E-state index < -0.39 is 0 Å². The second-order valence-electron chi connectivity index (χ2n) is 5.70. The first-order chi connectivity index (χ1) is 10.7. The van der Waals surface area contributed by atoms with Crippen LogP contribution in [0.4, 0.5) is 10.5 Å². The largest absolute Gasteiger partial charge is 0.356 e. The summed E-state index contributed by atoms with van der Waals surface area (Å²) in [4.78, 5) is 26.0. The minimum absolute atomic E-state index is 0.0395. The molecule has 1 heterocycles. The van der Waals surface area contributed by atoms with Crippen LogP contribution in [0.3, 0.4) is 0 Å². The molecule has 120 valence electrons. The molecule has 5 nitrogen and oxygen atoms in total. The molecule has 1 aliphatic rings. The Hall–Kier alpha value is -2.04. The van der Waals surface area contributed by atoms with Crippen molar-refractivity contribution in [3.05, 3.63) is 30.3 Å². The lowest BCUT2D eigenvalue weighted by Gasteiger charge is -2.31. The minimum atomic E-state index is -0.0870. The fourth-order valence-corrected chi connectivity index (χ4v) is 2.60. The van der Waals surface area contributed by atoms with Crippen LogP contribution in [0.1, 0.15) is 32.6 Å². The molecule has 0 bridgehead atoms. The third-order valence-corrected chi connectivity index (χ3v) is 4.01. The SMILES string of the molecule is CCCCNC(=O)C1CCN(C(=O)Nc2ccccc2)CC1. The number of amides is 3. The van der Waals surface area contributed by atoms with Crippen LogP contribution in [0.5, 0.6) is 0 Å². The number of hydrogen-bond donors (Lipinski definition) is 2. The Morgan fingerprint density at radius 1 is 1.18 bits per heavy atom. The molecule has 1 fully saturated rings. The monoisotopic (exact) mass is 303 g/mol. The van der Waals surface area contributed by atoms with Gasteiger partial charge in [0, 0.05) is 31.2 Å². The molecule has 1 saturated heterocycles. The van der Waals surface area contributed by atoms with E-state index in [4.69, 9.17) is 0 Å².